The summed E-state index contributed by atoms with van der Waals surface area (Å²) in [5.74, 6) is 1.41. The maximum Gasteiger partial charge on any atom is 0.248 e. The van der Waals surface area contributed by atoms with Crippen LogP contribution in [0.4, 0.5) is 5.69 Å². The molecule has 0 fully saturated rings. The predicted octanol–water partition coefficient (Wildman–Crippen LogP) is 6.35. The molecular weight excluding hydrogens is 482 g/mol. The quantitative estimate of drug-likeness (QED) is 0.365. The molecule has 3 aromatic carbocycles. The monoisotopic (exact) mass is 501 g/mol. The van der Waals surface area contributed by atoms with E-state index >= 15 is 0 Å². The molecule has 0 atom stereocenters. The molecule has 0 bridgehead atoms. The molecule has 7 heteroatoms. The van der Waals surface area contributed by atoms with Gasteiger partial charge in [-0.05, 0) is 63.5 Å². The Balaban J connectivity index is 1.69. The molecule has 1 amide bonds. The highest BCUT2D eigenvalue weighted by molar-refractivity contribution is 9.10. The third kappa shape index (κ3) is 6.26. The van der Waals surface area contributed by atoms with Gasteiger partial charge in [-0.15, -0.1) is 0 Å². The van der Waals surface area contributed by atoms with Crippen molar-refractivity contribution in [3.63, 3.8) is 0 Å². The number of benzene rings is 3. The smallest absolute Gasteiger partial charge is 0.248 e. The summed E-state index contributed by atoms with van der Waals surface area (Å²) < 4.78 is 17.3. The van der Waals surface area contributed by atoms with E-state index in [9.17, 15) is 4.79 Å². The van der Waals surface area contributed by atoms with Crippen LogP contribution in [0.25, 0.3) is 6.08 Å². The lowest BCUT2D eigenvalue weighted by molar-refractivity contribution is -0.111. The zero-order valence-electron chi connectivity index (χ0n) is 17.0. The Morgan fingerprint density at radius 3 is 2.45 bits per heavy atom. The molecule has 0 radical (unpaired) electrons. The normalized spacial score (nSPS) is 10.7. The van der Waals surface area contributed by atoms with Gasteiger partial charge in [0.15, 0.2) is 11.5 Å². The number of carbonyl (C=O) groups excluding carboxylic acids is 1. The minimum Gasteiger partial charge on any atom is -0.495 e. The van der Waals surface area contributed by atoms with E-state index in [0.29, 0.717) is 34.6 Å². The van der Waals surface area contributed by atoms with Crippen molar-refractivity contribution in [2.75, 3.05) is 19.5 Å². The first kappa shape index (κ1) is 22.7. The second-order valence-electron chi connectivity index (χ2n) is 6.48. The summed E-state index contributed by atoms with van der Waals surface area (Å²) in [5.41, 5.74) is 2.40. The highest BCUT2D eigenvalue weighted by atomic mass is 79.9. The topological polar surface area (TPSA) is 56.8 Å². The Labute approximate surface area is 194 Å². The zero-order valence-corrected chi connectivity index (χ0v) is 19.4. The second kappa shape index (κ2) is 10.9. The highest BCUT2D eigenvalue weighted by Gasteiger charge is 2.12. The number of carbonyl (C=O) groups is 1. The molecule has 0 aromatic heterocycles. The van der Waals surface area contributed by atoms with E-state index in [1.54, 1.807) is 37.5 Å². The number of methoxy groups -OCH3 is 2. The van der Waals surface area contributed by atoms with E-state index in [2.05, 4.69) is 21.2 Å². The van der Waals surface area contributed by atoms with Gasteiger partial charge in [0.1, 0.15) is 12.4 Å². The van der Waals surface area contributed by atoms with Crippen molar-refractivity contribution in [3.8, 4) is 17.2 Å². The summed E-state index contributed by atoms with van der Waals surface area (Å²) in [6.07, 6.45) is 3.12. The van der Waals surface area contributed by atoms with E-state index in [-0.39, 0.29) is 5.91 Å². The fraction of sp³-hybridized carbons (Fsp3) is 0.125. The maximum atomic E-state index is 12.3. The van der Waals surface area contributed by atoms with Crippen LogP contribution in [0, 0.1) is 0 Å². The van der Waals surface area contributed by atoms with E-state index in [1.807, 2.05) is 36.4 Å². The van der Waals surface area contributed by atoms with E-state index in [4.69, 9.17) is 25.8 Å². The first-order valence-corrected chi connectivity index (χ1v) is 10.5. The number of ether oxygens (including phenoxy) is 3. The lowest BCUT2D eigenvalue weighted by Crippen LogP contribution is -2.07. The molecular formula is C24H21BrClNO4. The van der Waals surface area contributed by atoms with E-state index in [1.165, 1.54) is 13.2 Å². The Hall–Kier alpha value is -2.96. The largest absolute Gasteiger partial charge is 0.495 e. The molecule has 1 N–H and O–H groups in total. The second-order valence-corrected chi connectivity index (χ2v) is 7.74. The van der Waals surface area contributed by atoms with E-state index < -0.39 is 0 Å². The van der Waals surface area contributed by atoms with Crippen molar-refractivity contribution < 1.29 is 19.0 Å². The lowest BCUT2D eigenvalue weighted by Gasteiger charge is -2.13. The Kier molecular flexibility index (Phi) is 7.98. The molecule has 0 saturated carbocycles. The van der Waals surface area contributed by atoms with Crippen LogP contribution in [0.3, 0.4) is 0 Å². The van der Waals surface area contributed by atoms with Crippen LogP contribution < -0.4 is 19.5 Å². The van der Waals surface area contributed by atoms with Crippen molar-refractivity contribution in [3.05, 3.63) is 87.4 Å². The number of amides is 1. The maximum absolute atomic E-state index is 12.3. The molecule has 0 aliphatic heterocycles. The van der Waals surface area contributed by atoms with Gasteiger partial charge in [-0.2, -0.15) is 0 Å². The summed E-state index contributed by atoms with van der Waals surface area (Å²) in [6, 6.07) is 18.6. The minimum absolute atomic E-state index is 0.291. The number of halogens is 2. The van der Waals surface area contributed by atoms with Gasteiger partial charge >= 0.3 is 0 Å². The van der Waals surface area contributed by atoms with Gasteiger partial charge in [-0.25, -0.2) is 0 Å². The lowest BCUT2D eigenvalue weighted by atomic mass is 10.2. The molecule has 0 spiro atoms. The molecule has 0 saturated heterocycles. The summed E-state index contributed by atoms with van der Waals surface area (Å²) in [6.45, 7) is 0.414. The van der Waals surface area contributed by atoms with Crippen LogP contribution >= 0.6 is 27.5 Å². The van der Waals surface area contributed by atoms with Gasteiger partial charge in [0, 0.05) is 11.8 Å². The Morgan fingerprint density at radius 1 is 1.03 bits per heavy atom. The van der Waals surface area contributed by atoms with Crippen molar-refractivity contribution in [2.45, 2.75) is 6.61 Å². The van der Waals surface area contributed by atoms with Crippen molar-refractivity contribution in [1.82, 2.24) is 0 Å². The summed E-state index contributed by atoms with van der Waals surface area (Å²) in [4.78, 5) is 12.3. The third-order valence-corrected chi connectivity index (χ3v) is 5.21. The van der Waals surface area contributed by atoms with Crippen molar-refractivity contribution in [2.24, 2.45) is 0 Å². The molecule has 0 unspecified atom stereocenters. The number of anilines is 1. The fourth-order valence-corrected chi connectivity index (χ4v) is 3.64. The van der Waals surface area contributed by atoms with Crippen LogP contribution in [0.1, 0.15) is 11.1 Å². The number of hydrogen-bond acceptors (Lipinski definition) is 4. The molecule has 5 nitrogen and oxygen atoms in total. The first-order chi connectivity index (χ1) is 15.0. The Morgan fingerprint density at radius 2 is 1.77 bits per heavy atom. The van der Waals surface area contributed by atoms with Crippen LogP contribution in [0.15, 0.2) is 71.2 Å². The molecule has 160 valence electrons. The van der Waals surface area contributed by atoms with Gasteiger partial charge in [0.2, 0.25) is 5.91 Å². The summed E-state index contributed by atoms with van der Waals surface area (Å²) >= 11 is 9.62. The molecule has 0 aliphatic rings. The minimum atomic E-state index is -0.291. The average Bonchev–Trinajstić information content (AvgIpc) is 2.77. The van der Waals surface area contributed by atoms with Crippen LogP contribution in [0.5, 0.6) is 17.2 Å². The van der Waals surface area contributed by atoms with Crippen molar-refractivity contribution >= 4 is 45.2 Å². The van der Waals surface area contributed by atoms with Crippen LogP contribution in [-0.2, 0) is 11.4 Å². The Bertz CT molecular complexity index is 1090. The average molecular weight is 503 g/mol. The molecule has 0 aliphatic carbocycles. The molecule has 31 heavy (non-hydrogen) atoms. The van der Waals surface area contributed by atoms with Gasteiger partial charge in [0.25, 0.3) is 0 Å². The van der Waals surface area contributed by atoms with Crippen LogP contribution in [0.2, 0.25) is 5.02 Å². The fourth-order valence-electron chi connectivity index (χ4n) is 2.81. The predicted molar refractivity (Wildman–Crippen MR) is 127 cm³/mol. The zero-order chi connectivity index (χ0) is 22.2. The molecule has 3 aromatic rings. The summed E-state index contributed by atoms with van der Waals surface area (Å²) in [5, 5.41) is 3.18. The van der Waals surface area contributed by atoms with Gasteiger partial charge in [-0.1, -0.05) is 41.9 Å². The molecule has 0 heterocycles. The van der Waals surface area contributed by atoms with Crippen LogP contribution in [-0.4, -0.2) is 20.1 Å². The van der Waals surface area contributed by atoms with Gasteiger partial charge < -0.3 is 19.5 Å². The third-order valence-electron chi connectivity index (χ3n) is 4.32. The number of nitrogens with one attached hydrogen (secondary N) is 1. The first-order valence-electron chi connectivity index (χ1n) is 9.37. The van der Waals surface area contributed by atoms with Crippen molar-refractivity contribution in [1.29, 1.82) is 0 Å². The van der Waals surface area contributed by atoms with E-state index in [0.717, 1.165) is 15.6 Å². The molecule has 3 rings (SSSR count). The van der Waals surface area contributed by atoms with Gasteiger partial charge in [0.05, 0.1) is 23.7 Å². The number of rotatable bonds is 8. The summed E-state index contributed by atoms with van der Waals surface area (Å²) in [7, 11) is 3.11. The highest BCUT2D eigenvalue weighted by Crippen LogP contribution is 2.37. The SMILES string of the molecule is COc1ccc(NC(=O)/C=C/c2cc(Br)c(OCc3ccccc3)c(OC)c2)cc1Cl. The van der Waals surface area contributed by atoms with Gasteiger partial charge in [-0.3, -0.25) is 4.79 Å². The standard InChI is InChI=1S/C24H21BrClNO4/c1-29-21-10-9-18(14-20(21)26)27-23(28)11-8-17-12-19(25)24(22(13-17)30-2)31-15-16-6-4-3-5-7-16/h3-14H,15H2,1-2H3,(H,27,28)/b11-8+. The number of hydrogen-bond donors (Lipinski definition) is 1.